The summed E-state index contributed by atoms with van der Waals surface area (Å²) in [7, 11) is 4.61. The molecule has 0 aromatic carbocycles. The number of carboxylic acid groups (broad SMARTS) is 1. The van der Waals surface area contributed by atoms with E-state index in [4.69, 9.17) is 5.11 Å². The number of nitrogens with zero attached hydrogens (tertiary/aromatic N) is 1. The fourth-order valence-electron chi connectivity index (χ4n) is 0.959. The van der Waals surface area contributed by atoms with E-state index in [1.165, 1.54) is 7.11 Å². The van der Waals surface area contributed by atoms with Gasteiger partial charge in [0.05, 0.1) is 7.11 Å². The molecular formula is C8H15NO4. The van der Waals surface area contributed by atoms with Gasteiger partial charge in [-0.15, -0.1) is 0 Å². The molecule has 5 nitrogen and oxygen atoms in total. The lowest BCUT2D eigenvalue weighted by Gasteiger charge is -2.18. The molecule has 0 fully saturated rings. The first kappa shape index (κ1) is 11.9. The van der Waals surface area contributed by atoms with E-state index >= 15 is 0 Å². The summed E-state index contributed by atoms with van der Waals surface area (Å²) in [5.41, 5.74) is 0. The van der Waals surface area contributed by atoms with Gasteiger partial charge in [0.15, 0.2) is 0 Å². The van der Waals surface area contributed by atoms with Gasteiger partial charge in [-0.25, -0.2) is 0 Å². The van der Waals surface area contributed by atoms with Crippen LogP contribution in [-0.4, -0.2) is 49.2 Å². The number of aliphatic carboxylic acids is 1. The summed E-state index contributed by atoms with van der Waals surface area (Å²) in [5, 5.41) is 8.74. The van der Waals surface area contributed by atoms with E-state index in [0.29, 0.717) is 0 Å². The third kappa shape index (κ3) is 4.47. The second-order valence-electron chi connectivity index (χ2n) is 2.93. The highest BCUT2D eigenvalue weighted by atomic mass is 16.5. The zero-order chi connectivity index (χ0) is 10.4. The molecule has 0 rings (SSSR count). The molecular weight excluding hydrogens is 174 g/mol. The molecule has 0 heterocycles. The van der Waals surface area contributed by atoms with E-state index in [2.05, 4.69) is 4.74 Å². The number of carboxylic acids is 1. The Hall–Kier alpha value is -1.10. The number of methoxy groups -OCH3 is 1. The summed E-state index contributed by atoms with van der Waals surface area (Å²) in [4.78, 5) is 22.9. The number of ether oxygens (including phenoxy) is 1. The van der Waals surface area contributed by atoms with Crippen LogP contribution in [0.15, 0.2) is 0 Å². The molecule has 0 aromatic heterocycles. The van der Waals surface area contributed by atoms with Crippen LogP contribution in [0.2, 0.25) is 0 Å². The maximum Gasteiger partial charge on any atom is 0.320 e. The predicted octanol–water partition coefficient (Wildman–Crippen LogP) is -0.0456. The van der Waals surface area contributed by atoms with Crippen molar-refractivity contribution in [2.24, 2.45) is 0 Å². The van der Waals surface area contributed by atoms with Crippen LogP contribution < -0.4 is 0 Å². The van der Waals surface area contributed by atoms with Crippen molar-refractivity contribution in [3.05, 3.63) is 0 Å². The highest BCUT2D eigenvalue weighted by Crippen LogP contribution is 2.04. The van der Waals surface area contributed by atoms with Gasteiger partial charge < -0.3 is 9.84 Å². The third-order valence-electron chi connectivity index (χ3n) is 1.76. The van der Waals surface area contributed by atoms with Crippen LogP contribution in [0.4, 0.5) is 0 Å². The molecule has 76 valence electrons. The maximum absolute atomic E-state index is 10.7. The van der Waals surface area contributed by atoms with Crippen molar-refractivity contribution in [1.82, 2.24) is 4.90 Å². The monoisotopic (exact) mass is 189 g/mol. The molecule has 0 amide bonds. The summed E-state index contributed by atoms with van der Waals surface area (Å²) in [6, 6.07) is -0.626. The third-order valence-corrected chi connectivity index (χ3v) is 1.76. The zero-order valence-electron chi connectivity index (χ0n) is 8.11. The lowest BCUT2D eigenvalue weighted by atomic mass is 10.1. The molecule has 1 N–H and O–H groups in total. The second-order valence-corrected chi connectivity index (χ2v) is 2.93. The number of carbonyl (C=O) groups excluding carboxylic acids is 1. The smallest absolute Gasteiger partial charge is 0.320 e. The van der Waals surface area contributed by atoms with Crippen LogP contribution in [0.3, 0.4) is 0 Å². The van der Waals surface area contributed by atoms with Crippen LogP contribution in [-0.2, 0) is 14.3 Å². The van der Waals surface area contributed by atoms with Crippen molar-refractivity contribution >= 4 is 11.9 Å². The fraction of sp³-hybridized carbons (Fsp3) is 0.750. The quantitative estimate of drug-likeness (QED) is 0.614. The summed E-state index contributed by atoms with van der Waals surface area (Å²) < 4.78 is 4.41. The molecule has 0 radical (unpaired) electrons. The van der Waals surface area contributed by atoms with Gasteiger partial charge in [0, 0.05) is 6.42 Å². The van der Waals surface area contributed by atoms with E-state index in [0.717, 1.165) is 0 Å². The number of hydrogen-bond donors (Lipinski definition) is 1. The van der Waals surface area contributed by atoms with Crippen molar-refractivity contribution in [3.63, 3.8) is 0 Å². The first-order valence-corrected chi connectivity index (χ1v) is 3.95. The fourth-order valence-corrected chi connectivity index (χ4v) is 0.959. The van der Waals surface area contributed by atoms with E-state index in [-0.39, 0.29) is 18.8 Å². The lowest BCUT2D eigenvalue weighted by Crippen LogP contribution is -2.36. The molecule has 1 atom stereocenters. The molecule has 0 bridgehead atoms. The molecule has 0 spiro atoms. The van der Waals surface area contributed by atoms with Gasteiger partial charge in [-0.05, 0) is 20.5 Å². The van der Waals surface area contributed by atoms with E-state index in [9.17, 15) is 9.59 Å². The Kier molecular flexibility index (Phi) is 5.06. The standard InChI is InChI=1S/C8H15NO4/c1-9(2)6(8(11)12)4-5-7(10)13-3/h6H,4-5H2,1-3H3,(H,11,12)/t6-/m0/s1. The topological polar surface area (TPSA) is 66.8 Å². The van der Waals surface area contributed by atoms with Gasteiger partial charge in [0.2, 0.25) is 0 Å². The van der Waals surface area contributed by atoms with Crippen LogP contribution in [0.1, 0.15) is 12.8 Å². The SMILES string of the molecule is COC(=O)CC[C@@H](C(=O)O)N(C)C. The van der Waals surface area contributed by atoms with Gasteiger partial charge in [-0.2, -0.15) is 0 Å². The predicted molar refractivity (Wildman–Crippen MR) is 46.4 cm³/mol. The highest BCUT2D eigenvalue weighted by molar-refractivity contribution is 5.75. The van der Waals surface area contributed by atoms with Crippen LogP contribution in [0.25, 0.3) is 0 Å². The Labute approximate surface area is 77.3 Å². The molecule has 0 aliphatic carbocycles. The van der Waals surface area contributed by atoms with Crippen LogP contribution >= 0.6 is 0 Å². The van der Waals surface area contributed by atoms with Crippen LogP contribution in [0.5, 0.6) is 0 Å². The van der Waals surface area contributed by atoms with Gasteiger partial charge in [0.1, 0.15) is 6.04 Å². The largest absolute Gasteiger partial charge is 0.480 e. The number of likely N-dealkylation sites (N-methyl/N-ethyl adjacent to an activating group) is 1. The van der Waals surface area contributed by atoms with Gasteiger partial charge in [0.25, 0.3) is 0 Å². The molecule has 0 unspecified atom stereocenters. The average Bonchev–Trinajstić information content (AvgIpc) is 2.03. The summed E-state index contributed by atoms with van der Waals surface area (Å²) in [6.07, 6.45) is 0.403. The highest BCUT2D eigenvalue weighted by Gasteiger charge is 2.20. The van der Waals surface area contributed by atoms with E-state index in [1.54, 1.807) is 19.0 Å². The van der Waals surface area contributed by atoms with Crippen molar-refractivity contribution in [2.75, 3.05) is 21.2 Å². The van der Waals surface area contributed by atoms with E-state index in [1.807, 2.05) is 0 Å². The number of esters is 1. The summed E-state index contributed by atoms with van der Waals surface area (Å²) in [5.74, 6) is -1.30. The maximum atomic E-state index is 10.7. The van der Waals surface area contributed by atoms with Crippen molar-refractivity contribution in [3.8, 4) is 0 Å². The zero-order valence-corrected chi connectivity index (χ0v) is 8.11. The Morgan fingerprint density at radius 1 is 1.46 bits per heavy atom. The normalized spacial score (nSPS) is 12.6. The van der Waals surface area contributed by atoms with Gasteiger partial charge in [-0.3, -0.25) is 14.5 Å². The van der Waals surface area contributed by atoms with E-state index < -0.39 is 12.0 Å². The molecule has 0 aliphatic rings. The van der Waals surface area contributed by atoms with Crippen molar-refractivity contribution < 1.29 is 19.4 Å². The lowest BCUT2D eigenvalue weighted by molar-refractivity contribution is -0.144. The van der Waals surface area contributed by atoms with Gasteiger partial charge >= 0.3 is 11.9 Å². The molecule has 0 aliphatic heterocycles. The Morgan fingerprint density at radius 3 is 2.31 bits per heavy atom. The minimum atomic E-state index is -0.922. The molecule has 0 saturated heterocycles. The Balaban J connectivity index is 3.97. The number of carbonyl (C=O) groups is 2. The first-order chi connectivity index (χ1) is 5.99. The van der Waals surface area contributed by atoms with Gasteiger partial charge in [-0.1, -0.05) is 0 Å². The molecule has 0 aromatic rings. The average molecular weight is 189 g/mol. The molecule has 5 heteroatoms. The Bertz CT molecular complexity index is 191. The summed E-state index contributed by atoms with van der Waals surface area (Å²) in [6.45, 7) is 0. The molecule has 13 heavy (non-hydrogen) atoms. The first-order valence-electron chi connectivity index (χ1n) is 3.95. The minimum absolute atomic E-state index is 0.131. The summed E-state index contributed by atoms with van der Waals surface area (Å²) >= 11 is 0. The van der Waals surface area contributed by atoms with Crippen molar-refractivity contribution in [1.29, 1.82) is 0 Å². The number of hydrogen-bond acceptors (Lipinski definition) is 4. The minimum Gasteiger partial charge on any atom is -0.480 e. The second kappa shape index (κ2) is 5.53. The molecule has 0 saturated carbocycles. The van der Waals surface area contributed by atoms with Crippen LogP contribution in [0, 0.1) is 0 Å². The van der Waals surface area contributed by atoms with Crippen molar-refractivity contribution in [2.45, 2.75) is 18.9 Å². The number of rotatable bonds is 5. The Morgan fingerprint density at radius 2 is 2.00 bits per heavy atom.